The van der Waals surface area contributed by atoms with Gasteiger partial charge >= 0.3 is 0 Å². The highest BCUT2D eigenvalue weighted by atomic mass is 19.1. The van der Waals surface area contributed by atoms with E-state index < -0.39 is 0 Å². The molecule has 1 aromatic carbocycles. The van der Waals surface area contributed by atoms with Gasteiger partial charge in [0.05, 0.1) is 11.8 Å². The molecule has 0 fully saturated rings. The fourth-order valence-corrected chi connectivity index (χ4v) is 1.70. The third kappa shape index (κ3) is 3.42. The molecule has 0 saturated carbocycles. The summed E-state index contributed by atoms with van der Waals surface area (Å²) in [5, 5.41) is 2.59. The Kier molecular flexibility index (Phi) is 4.30. The van der Waals surface area contributed by atoms with Crippen molar-refractivity contribution in [2.45, 2.75) is 6.42 Å². The number of amides is 1. The molecule has 2 rings (SSSR count). The number of carbonyl (C=O) groups excluding carboxylic acids is 1. The van der Waals surface area contributed by atoms with Crippen molar-refractivity contribution < 1.29 is 18.3 Å². The second-order valence-corrected chi connectivity index (χ2v) is 4.00. The van der Waals surface area contributed by atoms with E-state index in [0.29, 0.717) is 17.7 Å². The van der Waals surface area contributed by atoms with E-state index in [1.165, 1.54) is 25.5 Å². The van der Waals surface area contributed by atoms with Gasteiger partial charge in [0.25, 0.3) is 5.91 Å². The maximum atomic E-state index is 12.8. The second kappa shape index (κ2) is 6.15. The van der Waals surface area contributed by atoms with Crippen molar-refractivity contribution >= 4 is 5.91 Å². The number of hydrogen-bond acceptors (Lipinski definition) is 3. The molecule has 19 heavy (non-hydrogen) atoms. The fraction of sp³-hybridized carbons (Fsp3) is 0.214. The van der Waals surface area contributed by atoms with Gasteiger partial charge in [0.15, 0.2) is 0 Å². The summed E-state index contributed by atoms with van der Waals surface area (Å²) >= 11 is 0. The number of halogens is 1. The molecule has 0 saturated heterocycles. The molecule has 0 spiro atoms. The van der Waals surface area contributed by atoms with Crippen LogP contribution in [0.15, 0.2) is 41.0 Å². The Bertz CT molecular complexity index is 548. The van der Waals surface area contributed by atoms with Crippen LogP contribution in [0.3, 0.4) is 0 Å². The average Bonchev–Trinajstić information content (AvgIpc) is 2.87. The molecule has 4 nitrogen and oxygen atoms in total. The summed E-state index contributed by atoms with van der Waals surface area (Å²) in [7, 11) is 1.50. The molecule has 100 valence electrons. The first-order chi connectivity index (χ1) is 9.20. The molecule has 0 atom stereocenters. The van der Waals surface area contributed by atoms with Crippen LogP contribution in [0.5, 0.6) is 0 Å². The van der Waals surface area contributed by atoms with E-state index in [9.17, 15) is 9.18 Å². The number of carbonyl (C=O) groups is 1. The van der Waals surface area contributed by atoms with Gasteiger partial charge in [0.2, 0.25) is 0 Å². The molecule has 0 aliphatic carbocycles. The Morgan fingerprint density at radius 1 is 1.32 bits per heavy atom. The van der Waals surface area contributed by atoms with Crippen LogP contribution in [0.25, 0.3) is 0 Å². The first-order valence-electron chi connectivity index (χ1n) is 5.78. The third-order valence-electron chi connectivity index (χ3n) is 2.65. The third-order valence-corrected chi connectivity index (χ3v) is 2.65. The fourth-order valence-electron chi connectivity index (χ4n) is 1.70. The highest BCUT2D eigenvalue weighted by Crippen LogP contribution is 2.16. The van der Waals surface area contributed by atoms with Crippen molar-refractivity contribution in [1.82, 2.24) is 5.32 Å². The van der Waals surface area contributed by atoms with E-state index in [1.807, 2.05) is 0 Å². The highest BCUT2D eigenvalue weighted by Gasteiger charge is 2.14. The van der Waals surface area contributed by atoms with Crippen LogP contribution in [-0.2, 0) is 11.2 Å². The highest BCUT2D eigenvalue weighted by molar-refractivity contribution is 5.95. The van der Waals surface area contributed by atoms with Crippen molar-refractivity contribution in [3.8, 4) is 0 Å². The molecule has 0 bridgehead atoms. The van der Waals surface area contributed by atoms with Crippen LogP contribution in [-0.4, -0.2) is 19.7 Å². The molecular formula is C14H14FNO3. The van der Waals surface area contributed by atoms with Crippen molar-refractivity contribution in [3.05, 3.63) is 59.3 Å². The zero-order chi connectivity index (χ0) is 13.7. The Labute approximate surface area is 110 Å². The van der Waals surface area contributed by atoms with Gasteiger partial charge in [0.1, 0.15) is 18.3 Å². The maximum Gasteiger partial charge on any atom is 0.256 e. The largest absolute Gasteiger partial charge is 0.468 e. The number of methoxy groups -OCH3 is 1. The van der Waals surface area contributed by atoms with Crippen LogP contribution >= 0.6 is 0 Å². The average molecular weight is 263 g/mol. The van der Waals surface area contributed by atoms with Crippen molar-refractivity contribution in [2.24, 2.45) is 0 Å². The van der Waals surface area contributed by atoms with E-state index in [1.54, 1.807) is 18.2 Å². The molecule has 2 aromatic rings. The topological polar surface area (TPSA) is 51.5 Å². The zero-order valence-corrected chi connectivity index (χ0v) is 10.5. The predicted octanol–water partition coefficient (Wildman–Crippen LogP) is 2.34. The normalized spacial score (nSPS) is 10.4. The van der Waals surface area contributed by atoms with E-state index >= 15 is 0 Å². The number of furan rings is 1. The lowest BCUT2D eigenvalue weighted by atomic mass is 10.1. The molecule has 1 aromatic heterocycles. The summed E-state index contributed by atoms with van der Waals surface area (Å²) < 4.78 is 22.9. The van der Waals surface area contributed by atoms with Crippen LogP contribution < -0.4 is 5.32 Å². The molecule has 0 aliphatic rings. The van der Waals surface area contributed by atoms with Crippen molar-refractivity contribution in [3.63, 3.8) is 0 Å². The van der Waals surface area contributed by atoms with E-state index in [2.05, 4.69) is 5.32 Å². The molecule has 0 unspecified atom stereocenters. The SMILES string of the molecule is COCNC(=O)c1ccoc1Cc1ccc(F)cc1. The molecular weight excluding hydrogens is 249 g/mol. The van der Waals surface area contributed by atoms with Crippen molar-refractivity contribution in [1.29, 1.82) is 0 Å². The molecule has 1 amide bonds. The molecule has 1 heterocycles. The first-order valence-corrected chi connectivity index (χ1v) is 5.78. The number of benzene rings is 1. The summed E-state index contributed by atoms with van der Waals surface area (Å²) in [6, 6.07) is 7.68. The minimum absolute atomic E-state index is 0.139. The standard InChI is InChI=1S/C14H14FNO3/c1-18-9-16-14(17)12-6-7-19-13(12)8-10-2-4-11(15)5-3-10/h2-7H,8-9H2,1H3,(H,16,17). The molecule has 5 heteroatoms. The van der Waals surface area contributed by atoms with E-state index in [4.69, 9.17) is 9.15 Å². The van der Waals surface area contributed by atoms with E-state index in [-0.39, 0.29) is 18.5 Å². The Hall–Kier alpha value is -2.14. The lowest BCUT2D eigenvalue weighted by Gasteiger charge is -2.04. The second-order valence-electron chi connectivity index (χ2n) is 4.00. The predicted molar refractivity (Wildman–Crippen MR) is 67.3 cm³/mol. The smallest absolute Gasteiger partial charge is 0.256 e. The number of hydrogen-bond donors (Lipinski definition) is 1. The van der Waals surface area contributed by atoms with E-state index in [0.717, 1.165) is 5.56 Å². The number of nitrogens with one attached hydrogen (secondary N) is 1. The molecule has 0 aliphatic heterocycles. The quantitative estimate of drug-likeness (QED) is 0.842. The maximum absolute atomic E-state index is 12.8. The summed E-state index contributed by atoms with van der Waals surface area (Å²) in [6.07, 6.45) is 1.89. The van der Waals surface area contributed by atoms with Gasteiger partial charge in [-0.25, -0.2) is 4.39 Å². The Balaban J connectivity index is 2.11. The monoisotopic (exact) mass is 263 g/mol. The van der Waals surface area contributed by atoms with Gasteiger partial charge in [-0.2, -0.15) is 0 Å². The summed E-state index contributed by atoms with van der Waals surface area (Å²) in [4.78, 5) is 11.8. The van der Waals surface area contributed by atoms with Crippen LogP contribution in [0.1, 0.15) is 21.7 Å². The number of ether oxygens (including phenoxy) is 1. The van der Waals surface area contributed by atoms with Crippen molar-refractivity contribution in [2.75, 3.05) is 13.8 Å². The molecule has 1 N–H and O–H groups in total. The van der Waals surface area contributed by atoms with Gasteiger partial charge in [0, 0.05) is 13.5 Å². The van der Waals surface area contributed by atoms with Gasteiger partial charge < -0.3 is 14.5 Å². The van der Waals surface area contributed by atoms with Crippen LogP contribution in [0.4, 0.5) is 4.39 Å². The number of rotatable bonds is 5. The minimum atomic E-state index is -0.291. The van der Waals surface area contributed by atoms with Gasteiger partial charge in [-0.05, 0) is 23.8 Å². The van der Waals surface area contributed by atoms with Gasteiger partial charge in [-0.15, -0.1) is 0 Å². The zero-order valence-electron chi connectivity index (χ0n) is 10.5. The van der Waals surface area contributed by atoms with Gasteiger partial charge in [-0.1, -0.05) is 12.1 Å². The van der Waals surface area contributed by atoms with Crippen LogP contribution in [0.2, 0.25) is 0 Å². The molecule has 0 radical (unpaired) electrons. The van der Waals surface area contributed by atoms with Gasteiger partial charge in [-0.3, -0.25) is 4.79 Å². The Morgan fingerprint density at radius 3 is 2.74 bits per heavy atom. The summed E-state index contributed by atoms with van der Waals surface area (Å²) in [6.45, 7) is 0.139. The summed E-state index contributed by atoms with van der Waals surface area (Å²) in [5.41, 5.74) is 1.33. The lowest BCUT2D eigenvalue weighted by Crippen LogP contribution is -2.25. The lowest BCUT2D eigenvalue weighted by molar-refractivity contribution is 0.0870. The Morgan fingerprint density at radius 2 is 2.05 bits per heavy atom. The van der Waals surface area contributed by atoms with Crippen LogP contribution in [0, 0.1) is 5.82 Å². The first kappa shape index (κ1) is 13.3. The minimum Gasteiger partial charge on any atom is -0.468 e. The summed E-state index contributed by atoms with van der Waals surface area (Å²) in [5.74, 6) is -0.00539.